The molecule has 1 spiro atoms. The molecular formula is C29H31ClFN5O5S. The van der Waals surface area contributed by atoms with Crippen LogP contribution in [0.2, 0.25) is 5.02 Å². The highest BCUT2D eigenvalue weighted by Gasteiger charge is 2.52. The lowest BCUT2D eigenvalue weighted by Gasteiger charge is -2.25. The van der Waals surface area contributed by atoms with Gasteiger partial charge in [0.25, 0.3) is 0 Å². The van der Waals surface area contributed by atoms with E-state index < -0.39 is 29.5 Å². The van der Waals surface area contributed by atoms with Gasteiger partial charge in [0.05, 0.1) is 38.3 Å². The molecule has 5 rings (SSSR count). The number of amidine groups is 1. The molecule has 5 N–H and O–H groups in total. The number of likely N-dealkylation sites (tertiary alicyclic amines) is 1. The second-order valence-electron chi connectivity index (χ2n) is 10.4. The van der Waals surface area contributed by atoms with Gasteiger partial charge < -0.3 is 30.7 Å². The number of rotatable bonds is 8. The lowest BCUT2D eigenvalue weighted by atomic mass is 9.92. The summed E-state index contributed by atoms with van der Waals surface area (Å²) >= 11 is 7.21. The fraction of sp³-hybridized carbons (Fsp3) is 0.379. The molecule has 2 aromatic rings. The van der Waals surface area contributed by atoms with Crippen molar-refractivity contribution in [2.75, 3.05) is 26.3 Å². The van der Waals surface area contributed by atoms with Crippen molar-refractivity contribution in [1.82, 2.24) is 15.5 Å². The number of nitrogens with zero attached hydrogens (tertiary/aromatic N) is 1. The highest BCUT2D eigenvalue weighted by molar-refractivity contribution is 7.10. The van der Waals surface area contributed by atoms with Crippen molar-refractivity contribution in [3.8, 4) is 0 Å². The third-order valence-corrected chi connectivity index (χ3v) is 8.89. The van der Waals surface area contributed by atoms with Crippen LogP contribution in [0.4, 0.5) is 4.39 Å². The molecule has 3 heterocycles. The first-order chi connectivity index (χ1) is 20.0. The van der Waals surface area contributed by atoms with E-state index in [1.54, 1.807) is 41.8 Å². The lowest BCUT2D eigenvalue weighted by molar-refractivity contribution is -0.152. The maximum Gasteiger partial charge on any atom is 0.243 e. The first kappa shape index (κ1) is 29.9. The zero-order valence-corrected chi connectivity index (χ0v) is 24.4. The first-order valence-corrected chi connectivity index (χ1v) is 14.7. The molecule has 2 aliphatic heterocycles. The molecule has 222 valence electrons. The van der Waals surface area contributed by atoms with E-state index in [1.165, 1.54) is 22.3 Å². The normalized spacial score (nSPS) is 21.7. The standard InChI is InChI=1S/C29H31ClFN5O5S/c1-16(24-10-19(14-42-24)26(32)33)35-28(39)23-12-29(40-8-9-41-29)15-36(23)25(37)13-34-27(38)18-4-2-17(3-5-18)21-7-6-20(30)11-22(21)31/h2-4,6-7,10-11,14,16,18,23H,5,8-9,12-13,15H2,1H3,(H3,32,33)(H,34,38)(H,35,39)/t16-,18?,23?/m1/s1. The Kier molecular flexibility index (Phi) is 8.78. The Balaban J connectivity index is 1.20. The summed E-state index contributed by atoms with van der Waals surface area (Å²) in [7, 11) is 0. The van der Waals surface area contributed by atoms with Crippen LogP contribution >= 0.6 is 22.9 Å². The van der Waals surface area contributed by atoms with Gasteiger partial charge in [-0.3, -0.25) is 19.8 Å². The fourth-order valence-corrected chi connectivity index (χ4v) is 6.35. The van der Waals surface area contributed by atoms with Crippen LogP contribution in [0, 0.1) is 17.1 Å². The molecular weight excluding hydrogens is 585 g/mol. The van der Waals surface area contributed by atoms with Crippen molar-refractivity contribution in [2.45, 2.75) is 37.6 Å². The van der Waals surface area contributed by atoms with Gasteiger partial charge in [-0.25, -0.2) is 4.39 Å². The van der Waals surface area contributed by atoms with Gasteiger partial charge in [0.2, 0.25) is 17.7 Å². The summed E-state index contributed by atoms with van der Waals surface area (Å²) in [6, 6.07) is 4.93. The lowest BCUT2D eigenvalue weighted by Crippen LogP contribution is -2.50. The van der Waals surface area contributed by atoms with Gasteiger partial charge in [-0.15, -0.1) is 11.3 Å². The maximum atomic E-state index is 14.3. The minimum Gasteiger partial charge on any atom is -0.384 e. The molecule has 3 amide bonds. The SMILES string of the molecule is C[C@@H](NC(=O)C1CC2(CN1C(=O)CNC(=O)C1C=CC(c3ccc(Cl)cc3F)=CC1)OCCO2)c1cc(C(=N)N)cs1. The van der Waals surface area contributed by atoms with E-state index in [2.05, 4.69) is 10.6 Å². The Morgan fingerprint density at radius 2 is 2.02 bits per heavy atom. The van der Waals surface area contributed by atoms with Gasteiger partial charge in [0.15, 0.2) is 5.79 Å². The Labute approximate surface area is 251 Å². The largest absolute Gasteiger partial charge is 0.384 e. The van der Waals surface area contributed by atoms with Crippen molar-refractivity contribution >= 4 is 52.1 Å². The third kappa shape index (κ3) is 6.41. The topological polar surface area (TPSA) is 147 Å². The van der Waals surface area contributed by atoms with Crippen LogP contribution < -0.4 is 16.4 Å². The quantitative estimate of drug-likeness (QED) is 0.265. The average Bonchev–Trinajstić information content (AvgIpc) is 3.72. The summed E-state index contributed by atoms with van der Waals surface area (Å²) in [6.07, 6.45) is 5.61. The highest BCUT2D eigenvalue weighted by atomic mass is 35.5. The van der Waals surface area contributed by atoms with Gasteiger partial charge in [-0.05, 0) is 43.2 Å². The molecule has 10 nitrogen and oxygen atoms in total. The molecule has 0 radical (unpaired) electrons. The molecule has 3 aliphatic rings. The molecule has 2 unspecified atom stereocenters. The molecule has 2 saturated heterocycles. The van der Waals surface area contributed by atoms with E-state index in [0.29, 0.717) is 41.4 Å². The number of allylic oxidation sites excluding steroid dienone is 3. The van der Waals surface area contributed by atoms with E-state index in [1.807, 2.05) is 6.92 Å². The highest BCUT2D eigenvalue weighted by Crippen LogP contribution is 2.35. The summed E-state index contributed by atoms with van der Waals surface area (Å²) in [5.41, 5.74) is 7.17. The molecule has 1 aliphatic carbocycles. The Morgan fingerprint density at radius 1 is 1.26 bits per heavy atom. The molecule has 1 aromatic carbocycles. The van der Waals surface area contributed by atoms with Crippen LogP contribution in [-0.2, 0) is 23.9 Å². The van der Waals surface area contributed by atoms with Gasteiger partial charge in [-0.2, -0.15) is 0 Å². The molecule has 13 heteroatoms. The van der Waals surface area contributed by atoms with Crippen molar-refractivity contribution in [3.63, 3.8) is 0 Å². The fourth-order valence-electron chi connectivity index (χ4n) is 5.28. The number of ether oxygens (including phenoxy) is 2. The smallest absolute Gasteiger partial charge is 0.243 e. The summed E-state index contributed by atoms with van der Waals surface area (Å²) in [4.78, 5) is 41.8. The van der Waals surface area contributed by atoms with E-state index in [0.717, 1.165) is 4.88 Å². The zero-order chi connectivity index (χ0) is 30.0. The Bertz CT molecular complexity index is 1470. The molecule has 1 aromatic heterocycles. The van der Waals surface area contributed by atoms with Crippen LogP contribution in [0.25, 0.3) is 5.57 Å². The van der Waals surface area contributed by atoms with Gasteiger partial charge in [0, 0.05) is 32.8 Å². The number of halogens is 2. The molecule has 0 bridgehead atoms. The Hall–Kier alpha value is -3.58. The number of hydrogen-bond acceptors (Lipinski definition) is 7. The predicted octanol–water partition coefficient (Wildman–Crippen LogP) is 3.12. The van der Waals surface area contributed by atoms with E-state index in [4.69, 9.17) is 32.2 Å². The van der Waals surface area contributed by atoms with Gasteiger partial charge >= 0.3 is 0 Å². The molecule has 0 saturated carbocycles. The number of hydrogen-bond donors (Lipinski definition) is 4. The Morgan fingerprint density at radius 3 is 2.67 bits per heavy atom. The number of thiophene rings is 1. The summed E-state index contributed by atoms with van der Waals surface area (Å²) in [5, 5.41) is 15.3. The second kappa shape index (κ2) is 12.3. The number of amides is 3. The minimum absolute atomic E-state index is 0.0567. The number of nitrogen functional groups attached to an aromatic ring is 1. The van der Waals surface area contributed by atoms with Crippen LogP contribution in [0.3, 0.4) is 0 Å². The summed E-state index contributed by atoms with van der Waals surface area (Å²) in [5.74, 6) is -3.29. The van der Waals surface area contributed by atoms with Gasteiger partial charge in [-0.1, -0.05) is 29.8 Å². The number of nitrogens with one attached hydrogen (secondary N) is 3. The average molecular weight is 616 g/mol. The van der Waals surface area contributed by atoms with Crippen LogP contribution in [0.15, 0.2) is 47.9 Å². The van der Waals surface area contributed by atoms with Crippen molar-refractivity contribution in [2.24, 2.45) is 11.7 Å². The molecule has 42 heavy (non-hydrogen) atoms. The van der Waals surface area contributed by atoms with E-state index >= 15 is 0 Å². The summed E-state index contributed by atoms with van der Waals surface area (Å²) < 4.78 is 25.9. The van der Waals surface area contributed by atoms with Crippen molar-refractivity contribution < 1.29 is 28.2 Å². The van der Waals surface area contributed by atoms with Crippen molar-refractivity contribution in [1.29, 1.82) is 5.41 Å². The zero-order valence-electron chi connectivity index (χ0n) is 22.8. The number of benzene rings is 1. The number of carbonyl (C=O) groups is 3. The molecule has 3 atom stereocenters. The molecule has 2 fully saturated rings. The minimum atomic E-state index is -1.07. The van der Waals surface area contributed by atoms with Gasteiger partial charge in [0.1, 0.15) is 17.7 Å². The van der Waals surface area contributed by atoms with E-state index in [-0.39, 0.29) is 43.2 Å². The second-order valence-corrected chi connectivity index (χ2v) is 11.8. The van der Waals surface area contributed by atoms with E-state index in [9.17, 15) is 18.8 Å². The van der Waals surface area contributed by atoms with Crippen LogP contribution in [-0.4, -0.2) is 66.6 Å². The number of carbonyl (C=O) groups excluding carboxylic acids is 3. The predicted molar refractivity (Wildman–Crippen MR) is 156 cm³/mol. The summed E-state index contributed by atoms with van der Waals surface area (Å²) in [6.45, 7) is 2.27. The van der Waals surface area contributed by atoms with Crippen LogP contribution in [0.5, 0.6) is 0 Å². The van der Waals surface area contributed by atoms with Crippen LogP contribution in [0.1, 0.15) is 41.8 Å². The third-order valence-electron chi connectivity index (χ3n) is 7.54. The maximum absolute atomic E-state index is 14.3. The first-order valence-electron chi connectivity index (χ1n) is 13.5. The monoisotopic (exact) mass is 615 g/mol. The van der Waals surface area contributed by atoms with Crippen molar-refractivity contribution in [3.05, 3.63) is 74.7 Å². The number of nitrogens with two attached hydrogens (primary N) is 1.